The summed E-state index contributed by atoms with van der Waals surface area (Å²) in [5.74, 6) is -0.743. The van der Waals surface area contributed by atoms with Crippen molar-refractivity contribution in [2.24, 2.45) is 5.16 Å². The number of furan rings is 1. The highest BCUT2D eigenvalue weighted by Crippen LogP contribution is 2.48. The van der Waals surface area contributed by atoms with Gasteiger partial charge in [-0.05, 0) is 356 Å². The van der Waals surface area contributed by atoms with Gasteiger partial charge in [0.25, 0.3) is 40.1 Å². The van der Waals surface area contributed by atoms with Crippen LogP contribution in [0.5, 0.6) is 0 Å². The number of urea groups is 4. The number of hydrogen-bond acceptors (Lipinski definition) is 22. The number of benzene rings is 4. The van der Waals surface area contributed by atoms with E-state index in [1.165, 1.54) is 68.8 Å². The van der Waals surface area contributed by atoms with Crippen molar-refractivity contribution in [3.63, 3.8) is 0 Å². The van der Waals surface area contributed by atoms with Crippen molar-refractivity contribution in [3.8, 4) is 0 Å². The van der Waals surface area contributed by atoms with Gasteiger partial charge in [-0.25, -0.2) is 63.3 Å². The number of carboxylic acids is 1. The Kier molecular flexibility index (Phi) is 24.1. The van der Waals surface area contributed by atoms with Crippen molar-refractivity contribution >= 4 is 133 Å². The van der Waals surface area contributed by atoms with Crippen LogP contribution in [0.3, 0.4) is 0 Å². The summed E-state index contributed by atoms with van der Waals surface area (Å²) in [5.41, 5.74) is 22.7. The molecule has 4 aromatic carbocycles. The summed E-state index contributed by atoms with van der Waals surface area (Å²) in [4.78, 5) is 64.5. The minimum absolute atomic E-state index is 0.0491. The lowest BCUT2D eigenvalue weighted by Crippen LogP contribution is -2.34. The second-order valence-corrected chi connectivity index (χ2v) is 45.3. The van der Waals surface area contributed by atoms with E-state index in [0.717, 1.165) is 309 Å². The molecule has 12 aliphatic carbocycles. The number of sulfonamides is 4. The van der Waals surface area contributed by atoms with Crippen LogP contribution in [-0.4, -0.2) is 95.1 Å². The number of anilines is 4. The van der Waals surface area contributed by atoms with E-state index >= 15 is 0 Å². The van der Waals surface area contributed by atoms with Crippen molar-refractivity contribution in [2.45, 2.75) is 286 Å². The summed E-state index contributed by atoms with van der Waals surface area (Å²) in [6.45, 7) is 1.71. The monoisotopic (exact) mass is 1810 g/mol. The fourth-order valence-electron chi connectivity index (χ4n) is 20.6. The number of oxime groups is 1. The number of carboxylic acid groups (broad SMARTS) is 1. The number of nitrogens with one attached hydrogen (secondary N) is 8. The average Bonchev–Trinajstić information content (AvgIpc) is 1.63. The third-order valence-corrected chi connectivity index (χ3v) is 36.6. The molecule has 0 fully saturated rings. The Morgan fingerprint density at radius 2 is 0.772 bits per heavy atom. The van der Waals surface area contributed by atoms with Crippen LogP contribution in [0.4, 0.5) is 41.9 Å². The fourth-order valence-corrected chi connectivity index (χ4v) is 29.1. The predicted octanol–water partition coefficient (Wildman–Crippen LogP) is 14.3. The van der Waals surface area contributed by atoms with E-state index < -0.39 is 92.6 Å². The van der Waals surface area contributed by atoms with Crippen molar-refractivity contribution in [1.82, 2.24) is 18.9 Å². The number of aryl methyl sites for hydroxylation is 12. The largest absolute Gasteiger partial charge is 0.481 e. The van der Waals surface area contributed by atoms with Crippen molar-refractivity contribution in [3.05, 3.63) is 180 Å². The molecule has 4 heterocycles. The van der Waals surface area contributed by atoms with Crippen molar-refractivity contribution in [2.75, 3.05) is 21.3 Å². The number of amides is 8. The second kappa shape index (κ2) is 34.4. The Bertz CT molecular complexity index is 6070. The summed E-state index contributed by atoms with van der Waals surface area (Å²) >= 11 is 3.41. The molecule has 8 amide bonds. The van der Waals surface area contributed by atoms with Gasteiger partial charge < -0.3 is 51.3 Å². The van der Waals surface area contributed by atoms with Crippen molar-refractivity contribution in [1.29, 1.82) is 0 Å². The number of rotatable bonds is 15. The van der Waals surface area contributed by atoms with E-state index in [4.69, 9.17) is 9.52 Å². The summed E-state index contributed by atoms with van der Waals surface area (Å²) < 4.78 is 117. The van der Waals surface area contributed by atoms with Gasteiger partial charge in [-0.3, -0.25) is 4.79 Å². The van der Waals surface area contributed by atoms with Crippen LogP contribution >= 0.6 is 34.0 Å². The topological polar surface area (TPSA) is 445 Å². The molecule has 13 N–H and O–H groups in total. The highest BCUT2D eigenvalue weighted by Gasteiger charge is 2.42. The molecule has 3 unspecified atom stereocenters. The zero-order valence-corrected chi connectivity index (χ0v) is 74.0. The molecule has 3 atom stereocenters. The number of fused-ring (bicyclic) bond motifs is 12. The lowest BCUT2D eigenvalue weighted by atomic mass is 9.80. The Labute approximate surface area is 726 Å². The number of carbonyl (C=O) groups is 5. The Balaban J connectivity index is 0.000000117. The molecule has 0 radical (unpaired) electrons. The van der Waals surface area contributed by atoms with Crippen molar-refractivity contribution < 1.29 is 87.7 Å². The SMILES string of the molecule is CC1(O)CCCc2sc(S(=O)(=O)NC(=O)Nc3c4c(cc5c3CCC5)CCC4)cc21.O=C(Nc1c2c(cc3c1CCC3)CCC2)NS(=O)(=O)c1cc2c(s1)CCC/C2=N/O.O=C(Nc1c2c(cc3c1CCC3)CCC2)NS(=O)(=O)c1cc2c(s1)CCCC2O.O=C(O)CCC1(O)CCCc2oc(S(=O)(=O)NC(=O)Nc3c4c(cc5c3CCC5)CCC4)cc21. The lowest BCUT2D eigenvalue weighted by molar-refractivity contribution is -0.138. The minimum Gasteiger partial charge on any atom is -0.481 e. The van der Waals surface area contributed by atoms with Crippen LogP contribution < -0.4 is 40.2 Å². The molecule has 28 nitrogen and oxygen atoms in total. The van der Waals surface area contributed by atoms with Crippen LogP contribution in [0.2, 0.25) is 0 Å². The van der Waals surface area contributed by atoms with Crippen LogP contribution in [0, 0.1) is 0 Å². The molecular formula is C88H101N9O19S7. The van der Waals surface area contributed by atoms with Gasteiger partial charge in [-0.2, -0.15) is 8.42 Å². The number of thiophene rings is 3. The molecule has 0 saturated heterocycles. The molecule has 123 heavy (non-hydrogen) atoms. The average molecular weight is 1810 g/mol. The molecule has 0 bridgehead atoms. The molecule has 654 valence electrons. The maximum atomic E-state index is 13.0. The first-order valence-corrected chi connectivity index (χ1v) is 51.3. The van der Waals surface area contributed by atoms with E-state index in [2.05, 4.69) is 64.9 Å². The van der Waals surface area contributed by atoms with Gasteiger partial charge in [-0.1, -0.05) is 29.4 Å². The first kappa shape index (κ1) is 86.1. The van der Waals surface area contributed by atoms with Gasteiger partial charge in [0, 0.05) is 67.4 Å². The van der Waals surface area contributed by atoms with E-state index in [0.29, 0.717) is 66.7 Å². The van der Waals surface area contributed by atoms with E-state index in [-0.39, 0.29) is 31.0 Å². The van der Waals surface area contributed by atoms with E-state index in [1.807, 2.05) is 4.72 Å². The fraction of sp³-hybridized carbons (Fsp3) is 0.477. The van der Waals surface area contributed by atoms with Gasteiger partial charge in [0.05, 0.1) is 23.0 Å². The van der Waals surface area contributed by atoms with Gasteiger partial charge in [0.2, 0.25) is 5.09 Å². The third kappa shape index (κ3) is 17.6. The van der Waals surface area contributed by atoms with Crippen LogP contribution in [-0.2, 0) is 185 Å². The van der Waals surface area contributed by atoms with Crippen LogP contribution in [0.15, 0.2) is 75.8 Å². The Hall–Kier alpha value is -9.04. The van der Waals surface area contributed by atoms with Crippen LogP contribution in [0.1, 0.15) is 260 Å². The van der Waals surface area contributed by atoms with Crippen LogP contribution in [0.25, 0.3) is 0 Å². The maximum absolute atomic E-state index is 13.0. The zero-order valence-electron chi connectivity index (χ0n) is 68.3. The first-order valence-electron chi connectivity index (χ1n) is 42.9. The minimum atomic E-state index is -4.34. The molecule has 0 saturated carbocycles. The van der Waals surface area contributed by atoms with Gasteiger partial charge >= 0.3 is 30.1 Å². The van der Waals surface area contributed by atoms with Gasteiger partial charge in [0.15, 0.2) is 0 Å². The molecule has 35 heteroatoms. The number of aliphatic carboxylic acids is 1. The molecular weight excluding hydrogens is 1710 g/mol. The Morgan fingerprint density at radius 1 is 0.415 bits per heavy atom. The summed E-state index contributed by atoms with van der Waals surface area (Å²) in [7, 11) is -16.3. The molecule has 8 aromatic rings. The number of nitrogens with zero attached hydrogens (tertiary/aromatic N) is 1. The number of carbonyl (C=O) groups excluding carboxylic acids is 4. The predicted molar refractivity (Wildman–Crippen MR) is 466 cm³/mol. The highest BCUT2D eigenvalue weighted by atomic mass is 32.3. The smallest absolute Gasteiger partial charge is 0.333 e. The number of hydrogen-bond donors (Lipinski definition) is 13. The summed E-state index contributed by atoms with van der Waals surface area (Å²) in [6.07, 6.45) is 30.5. The molecule has 20 rings (SSSR count). The third-order valence-electron chi connectivity index (χ3n) is 26.4. The first-order chi connectivity index (χ1) is 58.8. The number of aliphatic hydroxyl groups is 3. The zero-order chi connectivity index (χ0) is 86.2. The molecule has 0 spiro atoms. The van der Waals surface area contributed by atoms with E-state index in [1.54, 1.807) is 6.92 Å². The second-order valence-electron chi connectivity index (χ2n) is 34.5. The summed E-state index contributed by atoms with van der Waals surface area (Å²) in [6, 6.07) is 11.8. The van der Waals surface area contributed by atoms with Gasteiger partial charge in [0.1, 0.15) is 18.4 Å². The molecule has 12 aliphatic rings. The Morgan fingerprint density at radius 3 is 1.17 bits per heavy atom. The van der Waals surface area contributed by atoms with E-state index in [9.17, 15) is 78.2 Å². The number of aliphatic hydroxyl groups excluding tert-OH is 1. The highest BCUT2D eigenvalue weighted by molar-refractivity contribution is 7.93. The normalized spacial score (nSPS) is 20.6. The quantitative estimate of drug-likeness (QED) is 0.0335. The summed E-state index contributed by atoms with van der Waals surface area (Å²) in [5, 5.41) is 64.1. The standard InChI is InChI=1S/C24H28N2O7S.C22H26N2O4S2.C21H23N3O4S2.C21H24N2O4S2/c27-20(28)9-11-24(30)10-3-8-19-18(24)13-21(33-19)34(31,32)26-23(29)25-22-16-6-1-4-14(16)12-15-5-2-7-17(15)22;1-22(26)10-4-9-18-17(22)12-19(29-18)30(27,28)24-21(25)23-20-15-7-2-5-13(15)11-14-6-3-8-16(14)20;25-21(22-20-14-6-1-4-12(14)10-13-5-2-7-15(13)20)24-30(27,28)19-11-16-17(23-26)8-3-9-18(16)29-19;24-17-8-3-9-18-16(17)11-19(28-18)29(26,27)23-21(25)22-20-14-6-1-4-12(14)10-13-5-2-7-15(13)20/h12-13,30H,1-11H2,(H,27,28)(H2,25,26,29);11-12,26H,2-10H2,1H3,(H2,23,24,25);10-11,26H,1-9H2,(H2,22,24,25);10-11,17,24H,1-9H2,(H2,22,23,25)/b;;23-17-;. The molecule has 0 aliphatic heterocycles. The van der Waals surface area contributed by atoms with Gasteiger partial charge in [-0.15, -0.1) is 34.0 Å². The lowest BCUT2D eigenvalue weighted by Gasteiger charge is -2.31. The maximum Gasteiger partial charge on any atom is 0.333 e. The molecule has 4 aromatic heterocycles.